The Kier molecular flexibility index (Phi) is 4.00. The highest BCUT2D eigenvalue weighted by Crippen LogP contribution is 2.41. The first-order valence-electron chi connectivity index (χ1n) is 6.92. The average molecular weight is 375 g/mol. The maximum Gasteiger partial charge on any atom is 0.133 e. The number of aromatic hydroxyl groups is 2. The van der Waals surface area contributed by atoms with Crippen molar-refractivity contribution in [2.75, 3.05) is 7.11 Å². The van der Waals surface area contributed by atoms with Crippen LogP contribution < -0.4 is 4.74 Å². The van der Waals surface area contributed by atoms with E-state index in [0.717, 1.165) is 22.6 Å². The number of hydrogen-bond acceptors (Lipinski definition) is 4. The number of phenolic OH excluding ortho intramolecular Hbond substituents is 2. The Labute approximate surface area is 141 Å². The molecule has 3 N–H and O–H groups in total. The van der Waals surface area contributed by atoms with Gasteiger partial charge in [-0.15, -0.1) is 0 Å². The van der Waals surface area contributed by atoms with Gasteiger partial charge in [-0.05, 0) is 46.6 Å². The molecule has 0 atom stereocenters. The zero-order valence-electron chi connectivity index (χ0n) is 12.6. The summed E-state index contributed by atoms with van der Waals surface area (Å²) < 4.78 is 5.67. The normalized spacial score (nSPS) is 10.7. The minimum Gasteiger partial charge on any atom is -0.507 e. The van der Waals surface area contributed by atoms with Gasteiger partial charge >= 0.3 is 0 Å². The predicted octanol–water partition coefficient (Wildman–Crippen LogP) is 4.23. The molecule has 0 aliphatic rings. The molecule has 0 radical (unpaired) electrons. The second-order valence-corrected chi connectivity index (χ2v) is 5.98. The number of halogens is 1. The zero-order valence-corrected chi connectivity index (χ0v) is 14.2. The fourth-order valence-electron chi connectivity index (χ4n) is 2.48. The third-order valence-electron chi connectivity index (χ3n) is 3.65. The van der Waals surface area contributed by atoms with Crippen LogP contribution in [0.25, 0.3) is 22.4 Å². The summed E-state index contributed by atoms with van der Waals surface area (Å²) in [5, 5.41) is 27.1. The van der Waals surface area contributed by atoms with Crippen molar-refractivity contribution in [1.82, 2.24) is 10.2 Å². The Balaban J connectivity index is 2.17. The largest absolute Gasteiger partial charge is 0.507 e. The lowest BCUT2D eigenvalue weighted by molar-refractivity contribution is 0.415. The van der Waals surface area contributed by atoms with Crippen molar-refractivity contribution in [3.05, 3.63) is 46.6 Å². The van der Waals surface area contributed by atoms with E-state index in [0.29, 0.717) is 15.7 Å². The number of rotatable bonds is 3. The number of aromatic amines is 1. The number of nitrogens with zero attached hydrogens (tertiary/aromatic N) is 1. The van der Waals surface area contributed by atoms with Crippen LogP contribution in [0.4, 0.5) is 0 Å². The molecule has 0 unspecified atom stereocenters. The zero-order chi connectivity index (χ0) is 16.6. The molecule has 0 saturated heterocycles. The molecule has 0 fully saturated rings. The number of H-pyrrole nitrogens is 1. The number of hydrogen-bond donors (Lipinski definition) is 3. The molecule has 0 saturated carbocycles. The number of benzene rings is 2. The Hall–Kier alpha value is -2.47. The van der Waals surface area contributed by atoms with E-state index in [1.54, 1.807) is 13.2 Å². The van der Waals surface area contributed by atoms with Gasteiger partial charge in [-0.2, -0.15) is 5.10 Å². The van der Waals surface area contributed by atoms with Crippen molar-refractivity contribution in [1.29, 1.82) is 0 Å². The van der Waals surface area contributed by atoms with Crippen LogP contribution >= 0.6 is 15.9 Å². The molecule has 6 heteroatoms. The van der Waals surface area contributed by atoms with Crippen LogP contribution in [0.5, 0.6) is 17.2 Å². The highest BCUT2D eigenvalue weighted by Gasteiger charge is 2.18. The van der Waals surface area contributed by atoms with Crippen molar-refractivity contribution in [2.24, 2.45) is 0 Å². The lowest BCUT2D eigenvalue weighted by Gasteiger charge is -2.09. The third kappa shape index (κ3) is 2.77. The smallest absolute Gasteiger partial charge is 0.133 e. The molecule has 23 heavy (non-hydrogen) atoms. The number of aromatic nitrogens is 2. The summed E-state index contributed by atoms with van der Waals surface area (Å²) in [7, 11) is 1.62. The summed E-state index contributed by atoms with van der Waals surface area (Å²) in [5.41, 5.74) is 3.88. The summed E-state index contributed by atoms with van der Waals surface area (Å²) in [5.74, 6) is 0.711. The Morgan fingerprint density at radius 2 is 1.78 bits per heavy atom. The second kappa shape index (κ2) is 5.96. The molecule has 0 amide bonds. The third-order valence-corrected chi connectivity index (χ3v) is 4.28. The lowest BCUT2D eigenvalue weighted by Crippen LogP contribution is -1.87. The van der Waals surface area contributed by atoms with Crippen LogP contribution in [0.15, 0.2) is 40.9 Å². The minimum atomic E-state index is -0.0352. The van der Waals surface area contributed by atoms with E-state index in [-0.39, 0.29) is 11.5 Å². The molecule has 2 aromatic carbocycles. The fraction of sp³-hybridized carbons (Fsp3) is 0.118. The van der Waals surface area contributed by atoms with Gasteiger partial charge in [0.05, 0.1) is 11.6 Å². The first-order chi connectivity index (χ1) is 11.0. The topological polar surface area (TPSA) is 78.4 Å². The molecule has 3 aromatic rings. The van der Waals surface area contributed by atoms with Crippen molar-refractivity contribution < 1.29 is 14.9 Å². The molecular formula is C17H15BrN2O3. The van der Waals surface area contributed by atoms with Crippen LogP contribution in [0.2, 0.25) is 0 Å². The van der Waals surface area contributed by atoms with Gasteiger partial charge in [-0.25, -0.2) is 0 Å². The van der Waals surface area contributed by atoms with Crippen molar-refractivity contribution in [3.63, 3.8) is 0 Å². The summed E-state index contributed by atoms with van der Waals surface area (Å²) in [6.07, 6.45) is 0. The summed E-state index contributed by atoms with van der Waals surface area (Å²) in [4.78, 5) is 0. The molecule has 5 nitrogen and oxygen atoms in total. The van der Waals surface area contributed by atoms with Crippen molar-refractivity contribution in [3.8, 4) is 39.6 Å². The van der Waals surface area contributed by atoms with E-state index < -0.39 is 0 Å². The van der Waals surface area contributed by atoms with Crippen LogP contribution in [0, 0.1) is 6.92 Å². The Morgan fingerprint density at radius 1 is 1.09 bits per heavy atom. The van der Waals surface area contributed by atoms with E-state index in [1.807, 2.05) is 31.2 Å². The molecule has 0 spiro atoms. The molecule has 1 heterocycles. The molecule has 0 aliphatic heterocycles. The van der Waals surface area contributed by atoms with E-state index in [9.17, 15) is 10.2 Å². The second-order valence-electron chi connectivity index (χ2n) is 5.12. The summed E-state index contributed by atoms with van der Waals surface area (Å²) in [6, 6.07) is 10.6. The first-order valence-corrected chi connectivity index (χ1v) is 7.71. The molecular weight excluding hydrogens is 360 g/mol. The highest BCUT2D eigenvalue weighted by atomic mass is 79.9. The minimum absolute atomic E-state index is 0.0236. The van der Waals surface area contributed by atoms with Crippen LogP contribution in [0.3, 0.4) is 0 Å². The van der Waals surface area contributed by atoms with Crippen molar-refractivity contribution in [2.45, 2.75) is 6.92 Å². The van der Waals surface area contributed by atoms with Crippen molar-refractivity contribution >= 4 is 15.9 Å². The first kappa shape index (κ1) is 15.4. The molecule has 0 aliphatic carbocycles. The van der Waals surface area contributed by atoms with Gasteiger partial charge in [-0.3, -0.25) is 5.10 Å². The Bertz CT molecular complexity index is 857. The maximum absolute atomic E-state index is 10.2. The quantitative estimate of drug-likeness (QED) is 0.640. The molecule has 0 bridgehead atoms. The van der Waals surface area contributed by atoms with Gasteiger partial charge in [0.15, 0.2) is 0 Å². The van der Waals surface area contributed by atoms with E-state index in [2.05, 4.69) is 26.1 Å². The van der Waals surface area contributed by atoms with Crippen LogP contribution in [-0.2, 0) is 0 Å². The molecule has 3 rings (SSSR count). The molecule has 118 valence electrons. The summed E-state index contributed by atoms with van der Waals surface area (Å²) in [6.45, 7) is 1.92. The van der Waals surface area contributed by atoms with Gasteiger partial charge < -0.3 is 14.9 Å². The fourth-order valence-corrected chi connectivity index (χ4v) is 2.82. The standard InChI is InChI=1S/C17H15BrN2O3/c1-9-16(10-3-5-11(23-2)6-4-10)17(20-19-9)12-7-13(18)15(22)8-14(12)21/h3-8,21-22H,1-2H3,(H,19,20). The van der Waals surface area contributed by atoms with E-state index in [4.69, 9.17) is 4.74 Å². The van der Waals surface area contributed by atoms with Gasteiger partial charge in [-0.1, -0.05) is 12.1 Å². The number of phenols is 2. The number of aryl methyl sites for hydroxylation is 1. The van der Waals surface area contributed by atoms with E-state index >= 15 is 0 Å². The molecule has 1 aromatic heterocycles. The number of ether oxygens (including phenoxy) is 1. The highest BCUT2D eigenvalue weighted by molar-refractivity contribution is 9.10. The van der Waals surface area contributed by atoms with Gasteiger partial charge in [0, 0.05) is 22.9 Å². The van der Waals surface area contributed by atoms with Crippen LogP contribution in [0.1, 0.15) is 5.69 Å². The van der Waals surface area contributed by atoms with Crippen LogP contribution in [-0.4, -0.2) is 27.5 Å². The monoisotopic (exact) mass is 374 g/mol. The van der Waals surface area contributed by atoms with Gasteiger partial charge in [0.25, 0.3) is 0 Å². The summed E-state index contributed by atoms with van der Waals surface area (Å²) >= 11 is 3.27. The SMILES string of the molecule is COc1ccc(-c2c(-c3cc(Br)c(O)cc3O)n[nH]c2C)cc1. The average Bonchev–Trinajstić information content (AvgIpc) is 2.92. The van der Waals surface area contributed by atoms with Gasteiger partial charge in [0.2, 0.25) is 0 Å². The van der Waals surface area contributed by atoms with Gasteiger partial charge in [0.1, 0.15) is 22.9 Å². The number of nitrogens with one attached hydrogen (secondary N) is 1. The predicted molar refractivity (Wildman–Crippen MR) is 91.8 cm³/mol. The lowest BCUT2D eigenvalue weighted by atomic mass is 9.98. The number of methoxy groups -OCH3 is 1. The van der Waals surface area contributed by atoms with E-state index in [1.165, 1.54) is 6.07 Å². The Morgan fingerprint density at radius 3 is 2.43 bits per heavy atom. The maximum atomic E-state index is 10.2.